The summed E-state index contributed by atoms with van der Waals surface area (Å²) in [4.78, 5) is 3.89. The highest BCUT2D eigenvalue weighted by Gasteiger charge is 2.05. The molecule has 84 valence electrons. The van der Waals surface area contributed by atoms with Gasteiger partial charge < -0.3 is 10.5 Å². The van der Waals surface area contributed by atoms with Crippen LogP contribution in [0.25, 0.3) is 0 Å². The lowest BCUT2D eigenvalue weighted by molar-refractivity contribution is 0.478. The number of rotatable bonds is 3. The molecule has 0 atom stereocenters. The van der Waals surface area contributed by atoms with Crippen molar-refractivity contribution in [2.24, 2.45) is 0 Å². The molecule has 2 aromatic rings. The molecule has 0 saturated heterocycles. The van der Waals surface area contributed by atoms with Crippen molar-refractivity contribution in [1.82, 2.24) is 14.8 Å². The standard InChI is InChI=1S/C11H14N4O/c1-8(2)15-7-9(5-14-15)16-11-3-4-13-6-10(11)12/h3-8H,12H2,1-2H3. The molecular formula is C11H14N4O. The minimum atomic E-state index is 0.312. The average molecular weight is 218 g/mol. The Morgan fingerprint density at radius 3 is 2.81 bits per heavy atom. The van der Waals surface area contributed by atoms with E-state index >= 15 is 0 Å². The first-order valence-electron chi connectivity index (χ1n) is 5.08. The van der Waals surface area contributed by atoms with Crippen LogP contribution in [0.15, 0.2) is 30.9 Å². The fourth-order valence-corrected chi connectivity index (χ4v) is 1.27. The van der Waals surface area contributed by atoms with Gasteiger partial charge in [-0.2, -0.15) is 5.10 Å². The smallest absolute Gasteiger partial charge is 0.165 e. The summed E-state index contributed by atoms with van der Waals surface area (Å²) in [6.45, 7) is 4.11. The van der Waals surface area contributed by atoms with Crippen molar-refractivity contribution < 1.29 is 4.74 Å². The van der Waals surface area contributed by atoms with E-state index in [-0.39, 0.29) is 0 Å². The number of hydrogen-bond donors (Lipinski definition) is 1. The molecular weight excluding hydrogens is 204 g/mol. The van der Waals surface area contributed by atoms with E-state index in [0.717, 1.165) is 0 Å². The Hall–Kier alpha value is -2.04. The fourth-order valence-electron chi connectivity index (χ4n) is 1.27. The van der Waals surface area contributed by atoms with Crippen LogP contribution in [0, 0.1) is 0 Å². The van der Waals surface area contributed by atoms with E-state index in [1.807, 2.05) is 10.9 Å². The Labute approximate surface area is 93.9 Å². The molecule has 0 aliphatic rings. The Balaban J connectivity index is 2.18. The van der Waals surface area contributed by atoms with Crippen molar-refractivity contribution in [3.05, 3.63) is 30.9 Å². The molecule has 0 bridgehead atoms. The lowest BCUT2D eigenvalue weighted by Crippen LogP contribution is -1.99. The first-order chi connectivity index (χ1) is 7.66. The number of aromatic nitrogens is 3. The summed E-state index contributed by atoms with van der Waals surface area (Å²) < 4.78 is 7.42. The zero-order valence-corrected chi connectivity index (χ0v) is 9.29. The van der Waals surface area contributed by atoms with Crippen molar-refractivity contribution in [2.45, 2.75) is 19.9 Å². The quantitative estimate of drug-likeness (QED) is 0.857. The first-order valence-corrected chi connectivity index (χ1v) is 5.08. The molecule has 0 aromatic carbocycles. The van der Waals surface area contributed by atoms with E-state index in [1.165, 1.54) is 0 Å². The minimum Gasteiger partial charge on any atom is -0.452 e. The van der Waals surface area contributed by atoms with Crippen molar-refractivity contribution >= 4 is 5.69 Å². The summed E-state index contributed by atoms with van der Waals surface area (Å²) in [5, 5.41) is 4.18. The van der Waals surface area contributed by atoms with Gasteiger partial charge in [0.25, 0.3) is 0 Å². The van der Waals surface area contributed by atoms with Crippen LogP contribution in [-0.2, 0) is 0 Å². The molecule has 0 radical (unpaired) electrons. The maximum atomic E-state index is 5.72. The van der Waals surface area contributed by atoms with Gasteiger partial charge in [0.1, 0.15) is 0 Å². The van der Waals surface area contributed by atoms with Crippen LogP contribution < -0.4 is 10.5 Å². The third-order valence-electron chi connectivity index (χ3n) is 2.14. The van der Waals surface area contributed by atoms with Crippen LogP contribution in [0.2, 0.25) is 0 Å². The van der Waals surface area contributed by atoms with Gasteiger partial charge in [0.15, 0.2) is 11.5 Å². The highest BCUT2D eigenvalue weighted by molar-refractivity contribution is 5.51. The lowest BCUT2D eigenvalue weighted by atomic mass is 10.4. The summed E-state index contributed by atoms with van der Waals surface area (Å²) in [5.74, 6) is 1.27. The molecule has 5 heteroatoms. The Kier molecular flexibility index (Phi) is 2.76. The topological polar surface area (TPSA) is 66.0 Å². The molecule has 0 saturated carbocycles. The molecule has 0 spiro atoms. The number of ether oxygens (including phenoxy) is 1. The van der Waals surface area contributed by atoms with Gasteiger partial charge in [0, 0.05) is 18.3 Å². The number of pyridine rings is 1. The van der Waals surface area contributed by atoms with Crippen LogP contribution in [0.3, 0.4) is 0 Å². The highest BCUT2D eigenvalue weighted by Crippen LogP contribution is 2.25. The maximum Gasteiger partial charge on any atom is 0.165 e. The average Bonchev–Trinajstić information content (AvgIpc) is 2.70. The summed E-state index contributed by atoms with van der Waals surface area (Å²) in [6, 6.07) is 2.04. The molecule has 16 heavy (non-hydrogen) atoms. The largest absolute Gasteiger partial charge is 0.452 e. The molecule has 2 aromatic heterocycles. The van der Waals surface area contributed by atoms with Gasteiger partial charge in [0.2, 0.25) is 0 Å². The van der Waals surface area contributed by atoms with Gasteiger partial charge in [-0.05, 0) is 13.8 Å². The second-order valence-corrected chi connectivity index (χ2v) is 3.77. The van der Waals surface area contributed by atoms with E-state index in [1.54, 1.807) is 24.7 Å². The molecule has 0 aliphatic carbocycles. The maximum absolute atomic E-state index is 5.72. The number of nitrogens with two attached hydrogens (primary N) is 1. The Bertz CT molecular complexity index is 478. The zero-order chi connectivity index (χ0) is 11.5. The van der Waals surface area contributed by atoms with Gasteiger partial charge in [0.05, 0.1) is 24.3 Å². The summed E-state index contributed by atoms with van der Waals surface area (Å²) in [5.41, 5.74) is 6.23. The van der Waals surface area contributed by atoms with E-state index in [9.17, 15) is 0 Å². The highest BCUT2D eigenvalue weighted by atomic mass is 16.5. The minimum absolute atomic E-state index is 0.312. The predicted molar refractivity (Wildman–Crippen MR) is 61.3 cm³/mol. The van der Waals surface area contributed by atoms with E-state index in [4.69, 9.17) is 10.5 Å². The fraction of sp³-hybridized carbons (Fsp3) is 0.273. The van der Waals surface area contributed by atoms with Crippen LogP contribution in [0.4, 0.5) is 5.69 Å². The van der Waals surface area contributed by atoms with E-state index < -0.39 is 0 Å². The van der Waals surface area contributed by atoms with Gasteiger partial charge >= 0.3 is 0 Å². The van der Waals surface area contributed by atoms with Gasteiger partial charge in [-0.1, -0.05) is 0 Å². The number of hydrogen-bond acceptors (Lipinski definition) is 4. The molecule has 0 unspecified atom stereocenters. The van der Waals surface area contributed by atoms with Crippen molar-refractivity contribution in [2.75, 3.05) is 5.73 Å². The molecule has 0 fully saturated rings. The van der Waals surface area contributed by atoms with Crippen LogP contribution in [-0.4, -0.2) is 14.8 Å². The number of nitrogen functional groups attached to an aromatic ring is 1. The monoisotopic (exact) mass is 218 g/mol. The second-order valence-electron chi connectivity index (χ2n) is 3.77. The van der Waals surface area contributed by atoms with E-state index in [2.05, 4.69) is 23.9 Å². The Morgan fingerprint density at radius 1 is 1.38 bits per heavy atom. The van der Waals surface area contributed by atoms with Gasteiger partial charge in [-0.3, -0.25) is 9.67 Å². The molecule has 2 heterocycles. The molecule has 2 N–H and O–H groups in total. The summed E-state index contributed by atoms with van der Waals surface area (Å²) in [6.07, 6.45) is 6.70. The summed E-state index contributed by atoms with van der Waals surface area (Å²) in [7, 11) is 0. The van der Waals surface area contributed by atoms with Crippen LogP contribution in [0.1, 0.15) is 19.9 Å². The Morgan fingerprint density at radius 2 is 2.19 bits per heavy atom. The first kappa shape index (κ1) is 10.5. The lowest BCUT2D eigenvalue weighted by Gasteiger charge is -2.05. The predicted octanol–water partition coefficient (Wildman–Crippen LogP) is 2.23. The van der Waals surface area contributed by atoms with Crippen molar-refractivity contribution in [3.8, 4) is 11.5 Å². The normalized spacial score (nSPS) is 10.7. The molecule has 2 rings (SSSR count). The van der Waals surface area contributed by atoms with Gasteiger partial charge in [-0.15, -0.1) is 0 Å². The SMILES string of the molecule is CC(C)n1cc(Oc2ccncc2N)cn1. The third-order valence-corrected chi connectivity index (χ3v) is 2.14. The summed E-state index contributed by atoms with van der Waals surface area (Å²) >= 11 is 0. The van der Waals surface area contributed by atoms with Crippen LogP contribution in [0.5, 0.6) is 11.5 Å². The van der Waals surface area contributed by atoms with E-state index in [0.29, 0.717) is 23.2 Å². The van der Waals surface area contributed by atoms with Gasteiger partial charge in [-0.25, -0.2) is 0 Å². The third kappa shape index (κ3) is 2.13. The molecule has 5 nitrogen and oxygen atoms in total. The number of nitrogens with zero attached hydrogens (tertiary/aromatic N) is 3. The van der Waals surface area contributed by atoms with Crippen LogP contribution >= 0.6 is 0 Å². The molecule has 0 amide bonds. The van der Waals surface area contributed by atoms with Crippen molar-refractivity contribution in [3.63, 3.8) is 0 Å². The number of anilines is 1. The molecule has 0 aliphatic heterocycles. The second kappa shape index (κ2) is 4.22. The van der Waals surface area contributed by atoms with Crippen molar-refractivity contribution in [1.29, 1.82) is 0 Å². The zero-order valence-electron chi connectivity index (χ0n) is 9.29.